The number of allylic oxidation sites excluding steroid dienone is 4. The minimum absolute atomic E-state index is 0.507. The van der Waals surface area contributed by atoms with E-state index in [2.05, 4.69) is 50.0 Å². The van der Waals surface area contributed by atoms with Crippen molar-refractivity contribution in [2.24, 2.45) is 17.8 Å². The van der Waals surface area contributed by atoms with Crippen molar-refractivity contribution in [1.82, 2.24) is 0 Å². The van der Waals surface area contributed by atoms with E-state index in [1.165, 1.54) is 77.0 Å². The van der Waals surface area contributed by atoms with Crippen molar-refractivity contribution in [3.05, 3.63) is 24.3 Å². The molecule has 26 heavy (non-hydrogen) atoms. The molecule has 2 aliphatic carbocycles. The van der Waals surface area contributed by atoms with Crippen molar-refractivity contribution in [1.29, 1.82) is 0 Å². The van der Waals surface area contributed by atoms with E-state index in [9.17, 15) is 0 Å². The third kappa shape index (κ3) is 8.59. The maximum Gasteiger partial charge on any atom is 0.0575 e. The average Bonchev–Trinajstić information content (AvgIpc) is 2.67. The standard InChI is InChI=1S/C25H40O/c1-3-5-21-26-25-19-17-24(18-20-25)12-9-7-6-8-11-23-15-13-22(10-4-2)14-16-23/h8-9,11-12,22-25H,3-5,10,13-21H2,1-2H3. The van der Waals surface area contributed by atoms with Crippen LogP contribution in [0, 0.1) is 29.6 Å². The molecule has 2 fully saturated rings. The van der Waals surface area contributed by atoms with Crippen LogP contribution in [0.25, 0.3) is 0 Å². The molecule has 146 valence electrons. The van der Waals surface area contributed by atoms with Gasteiger partial charge >= 0.3 is 0 Å². The first-order chi connectivity index (χ1) is 12.8. The molecule has 2 aliphatic rings. The largest absolute Gasteiger partial charge is 0.378 e. The minimum atomic E-state index is 0.507. The van der Waals surface area contributed by atoms with Gasteiger partial charge in [0.05, 0.1) is 6.10 Å². The smallest absolute Gasteiger partial charge is 0.0575 e. The zero-order valence-electron chi connectivity index (χ0n) is 17.2. The van der Waals surface area contributed by atoms with Crippen LogP contribution in [-0.2, 0) is 4.74 Å². The Labute approximate surface area is 162 Å². The number of ether oxygens (including phenoxy) is 1. The van der Waals surface area contributed by atoms with Gasteiger partial charge in [-0.2, -0.15) is 0 Å². The summed E-state index contributed by atoms with van der Waals surface area (Å²) in [6.45, 7) is 5.47. The number of rotatable bonds is 8. The van der Waals surface area contributed by atoms with Gasteiger partial charge in [-0.05, 0) is 87.7 Å². The van der Waals surface area contributed by atoms with E-state index in [1.54, 1.807) is 0 Å². The summed E-state index contributed by atoms with van der Waals surface area (Å²) in [5.74, 6) is 8.88. The zero-order valence-corrected chi connectivity index (χ0v) is 17.2. The van der Waals surface area contributed by atoms with Crippen molar-refractivity contribution in [2.45, 2.75) is 97.0 Å². The summed E-state index contributed by atoms with van der Waals surface area (Å²) >= 11 is 0. The molecular weight excluding hydrogens is 316 g/mol. The van der Waals surface area contributed by atoms with Crippen LogP contribution in [0.2, 0.25) is 0 Å². The molecule has 0 aromatic rings. The normalized spacial score (nSPS) is 29.8. The maximum absolute atomic E-state index is 5.95. The van der Waals surface area contributed by atoms with Crippen LogP contribution in [0.5, 0.6) is 0 Å². The van der Waals surface area contributed by atoms with Gasteiger partial charge in [-0.25, -0.2) is 0 Å². The van der Waals surface area contributed by atoms with Crippen molar-refractivity contribution < 1.29 is 4.74 Å². The highest BCUT2D eigenvalue weighted by atomic mass is 16.5. The van der Waals surface area contributed by atoms with Gasteiger partial charge in [-0.3, -0.25) is 0 Å². The lowest BCUT2D eigenvalue weighted by Gasteiger charge is -2.26. The average molecular weight is 357 g/mol. The van der Waals surface area contributed by atoms with Gasteiger partial charge in [0, 0.05) is 6.61 Å². The second-order valence-electron chi connectivity index (χ2n) is 8.34. The van der Waals surface area contributed by atoms with Gasteiger partial charge in [0.1, 0.15) is 0 Å². The lowest BCUT2D eigenvalue weighted by Crippen LogP contribution is -2.21. The summed E-state index contributed by atoms with van der Waals surface area (Å²) < 4.78 is 5.95. The molecule has 0 unspecified atom stereocenters. The van der Waals surface area contributed by atoms with E-state index in [-0.39, 0.29) is 0 Å². The summed E-state index contributed by atoms with van der Waals surface area (Å²) in [5, 5.41) is 0. The van der Waals surface area contributed by atoms with Crippen LogP contribution in [0.1, 0.15) is 90.9 Å². The zero-order chi connectivity index (χ0) is 18.5. The van der Waals surface area contributed by atoms with Crippen LogP contribution >= 0.6 is 0 Å². The van der Waals surface area contributed by atoms with Crippen molar-refractivity contribution in [2.75, 3.05) is 6.61 Å². The van der Waals surface area contributed by atoms with E-state index in [0.717, 1.165) is 18.4 Å². The predicted octanol–water partition coefficient (Wildman–Crippen LogP) is 7.08. The third-order valence-electron chi connectivity index (χ3n) is 6.15. The molecule has 1 heteroatoms. The number of unbranched alkanes of at least 4 members (excludes halogenated alkanes) is 1. The fraction of sp³-hybridized carbons (Fsp3) is 0.760. The fourth-order valence-electron chi connectivity index (χ4n) is 4.38. The Hall–Kier alpha value is -1.00. The Morgan fingerprint density at radius 3 is 1.88 bits per heavy atom. The Morgan fingerprint density at radius 2 is 1.35 bits per heavy atom. The second kappa shape index (κ2) is 13.2. The van der Waals surface area contributed by atoms with E-state index in [1.807, 2.05) is 0 Å². The van der Waals surface area contributed by atoms with E-state index in [0.29, 0.717) is 12.0 Å². The highest BCUT2D eigenvalue weighted by Gasteiger charge is 2.19. The van der Waals surface area contributed by atoms with E-state index >= 15 is 0 Å². The lowest BCUT2D eigenvalue weighted by molar-refractivity contribution is 0.0209. The molecule has 0 bridgehead atoms. The molecule has 2 saturated carbocycles. The number of hydrogen-bond acceptors (Lipinski definition) is 1. The summed E-state index contributed by atoms with van der Waals surface area (Å²) in [6, 6.07) is 0. The Kier molecular flexibility index (Phi) is 10.8. The van der Waals surface area contributed by atoms with Crippen molar-refractivity contribution >= 4 is 0 Å². The van der Waals surface area contributed by atoms with Crippen LogP contribution in [-0.4, -0.2) is 12.7 Å². The molecule has 0 aliphatic heterocycles. The van der Waals surface area contributed by atoms with Crippen molar-refractivity contribution in [3.8, 4) is 11.8 Å². The quantitative estimate of drug-likeness (QED) is 0.333. The minimum Gasteiger partial charge on any atom is -0.378 e. The van der Waals surface area contributed by atoms with Crippen LogP contribution in [0.4, 0.5) is 0 Å². The molecule has 0 aromatic heterocycles. The monoisotopic (exact) mass is 356 g/mol. The molecule has 0 N–H and O–H groups in total. The molecule has 2 rings (SSSR count). The SMILES string of the molecule is CCCCOC1CCC(C=CC#CC=CC2CCC(CCC)CC2)CC1. The van der Waals surface area contributed by atoms with Gasteiger partial charge in [0.15, 0.2) is 0 Å². The third-order valence-corrected chi connectivity index (χ3v) is 6.15. The molecular formula is C25H40O. The first-order valence-electron chi connectivity index (χ1n) is 11.3. The van der Waals surface area contributed by atoms with Gasteiger partial charge in [0.2, 0.25) is 0 Å². The molecule has 0 aromatic carbocycles. The van der Waals surface area contributed by atoms with Gasteiger partial charge in [-0.15, -0.1) is 0 Å². The molecule has 0 spiro atoms. The van der Waals surface area contributed by atoms with Crippen LogP contribution in [0.3, 0.4) is 0 Å². The molecule has 0 amide bonds. The molecule has 0 heterocycles. The second-order valence-corrected chi connectivity index (χ2v) is 8.34. The van der Waals surface area contributed by atoms with Crippen LogP contribution in [0.15, 0.2) is 24.3 Å². The molecule has 0 radical (unpaired) electrons. The Morgan fingerprint density at radius 1 is 0.769 bits per heavy atom. The van der Waals surface area contributed by atoms with E-state index in [4.69, 9.17) is 4.74 Å². The van der Waals surface area contributed by atoms with E-state index < -0.39 is 0 Å². The summed E-state index contributed by atoms with van der Waals surface area (Å²) in [7, 11) is 0. The van der Waals surface area contributed by atoms with Crippen molar-refractivity contribution in [3.63, 3.8) is 0 Å². The lowest BCUT2D eigenvalue weighted by atomic mass is 9.80. The Bertz CT molecular complexity index is 462. The van der Waals surface area contributed by atoms with Crippen LogP contribution < -0.4 is 0 Å². The van der Waals surface area contributed by atoms with Gasteiger partial charge < -0.3 is 4.74 Å². The van der Waals surface area contributed by atoms with Gasteiger partial charge in [0.25, 0.3) is 0 Å². The predicted molar refractivity (Wildman–Crippen MR) is 113 cm³/mol. The fourth-order valence-corrected chi connectivity index (χ4v) is 4.38. The first kappa shape index (κ1) is 21.3. The topological polar surface area (TPSA) is 9.23 Å². The summed E-state index contributed by atoms with van der Waals surface area (Å²) in [6.07, 6.45) is 25.0. The number of hydrogen-bond donors (Lipinski definition) is 0. The molecule has 1 nitrogen and oxygen atoms in total. The molecule has 0 atom stereocenters. The first-order valence-corrected chi connectivity index (χ1v) is 11.3. The van der Waals surface area contributed by atoms with Gasteiger partial charge in [-0.1, -0.05) is 57.1 Å². The highest BCUT2D eigenvalue weighted by molar-refractivity contribution is 5.24. The molecule has 0 saturated heterocycles. The maximum atomic E-state index is 5.95. The Balaban J connectivity index is 1.58. The highest BCUT2D eigenvalue weighted by Crippen LogP contribution is 2.32. The summed E-state index contributed by atoms with van der Waals surface area (Å²) in [5.41, 5.74) is 0. The summed E-state index contributed by atoms with van der Waals surface area (Å²) in [4.78, 5) is 0.